The van der Waals surface area contributed by atoms with Crippen LogP contribution in [-0.2, 0) is 4.74 Å². The predicted molar refractivity (Wildman–Crippen MR) is 90.4 cm³/mol. The van der Waals surface area contributed by atoms with Crippen molar-refractivity contribution in [1.82, 2.24) is 10.3 Å². The lowest BCUT2D eigenvalue weighted by molar-refractivity contribution is 0.0527. The van der Waals surface area contributed by atoms with E-state index in [2.05, 4.69) is 15.6 Å². The maximum Gasteiger partial charge on any atom is 0.340 e. The van der Waals surface area contributed by atoms with Gasteiger partial charge in [0.25, 0.3) is 5.91 Å². The van der Waals surface area contributed by atoms with Crippen LogP contribution in [0.3, 0.4) is 0 Å². The number of benzene rings is 1. The van der Waals surface area contributed by atoms with Gasteiger partial charge in [0.05, 0.1) is 17.9 Å². The average molecular weight is 325 g/mol. The fourth-order valence-corrected chi connectivity index (χ4v) is 2.25. The van der Waals surface area contributed by atoms with Crippen molar-refractivity contribution in [2.75, 3.05) is 11.9 Å². The van der Waals surface area contributed by atoms with Gasteiger partial charge in [-0.15, -0.1) is 0 Å². The highest BCUT2D eigenvalue weighted by molar-refractivity contribution is 5.97. The van der Waals surface area contributed by atoms with Crippen molar-refractivity contribution in [3.63, 3.8) is 0 Å². The third-order valence-electron chi connectivity index (χ3n) is 3.61. The summed E-state index contributed by atoms with van der Waals surface area (Å²) in [7, 11) is 0. The summed E-state index contributed by atoms with van der Waals surface area (Å²) in [6.45, 7) is 2.08. The van der Waals surface area contributed by atoms with Gasteiger partial charge in [-0.25, -0.2) is 4.79 Å². The molecule has 0 bridgehead atoms. The first-order chi connectivity index (χ1) is 11.7. The van der Waals surface area contributed by atoms with Gasteiger partial charge in [0.2, 0.25) is 0 Å². The Labute approximate surface area is 140 Å². The third kappa shape index (κ3) is 3.90. The molecular weight excluding hydrogens is 306 g/mol. The molecule has 0 atom stereocenters. The summed E-state index contributed by atoms with van der Waals surface area (Å²) in [6.07, 6.45) is 3.62. The van der Waals surface area contributed by atoms with E-state index in [1.807, 2.05) is 6.07 Å². The molecule has 1 aromatic carbocycles. The number of nitrogens with zero attached hydrogens (tertiary/aromatic N) is 1. The van der Waals surface area contributed by atoms with Crippen LogP contribution in [0.25, 0.3) is 0 Å². The molecule has 0 radical (unpaired) electrons. The Hall–Kier alpha value is -2.89. The summed E-state index contributed by atoms with van der Waals surface area (Å²) >= 11 is 0. The number of hydrogen-bond donors (Lipinski definition) is 2. The van der Waals surface area contributed by atoms with Gasteiger partial charge in [-0.2, -0.15) is 0 Å². The van der Waals surface area contributed by atoms with E-state index in [4.69, 9.17) is 4.74 Å². The number of para-hydroxylation sites is 1. The second kappa shape index (κ2) is 7.12. The number of carbonyl (C=O) groups excluding carboxylic acids is 2. The fraction of sp³-hybridized carbons (Fsp3) is 0.278. The Morgan fingerprint density at radius 1 is 1.25 bits per heavy atom. The monoisotopic (exact) mass is 325 g/mol. The van der Waals surface area contributed by atoms with Crippen LogP contribution in [0.1, 0.15) is 40.6 Å². The molecule has 24 heavy (non-hydrogen) atoms. The number of rotatable bonds is 6. The van der Waals surface area contributed by atoms with Gasteiger partial charge in [-0.3, -0.25) is 9.78 Å². The number of amides is 1. The molecule has 1 aliphatic rings. The first-order valence-electron chi connectivity index (χ1n) is 7.97. The third-order valence-corrected chi connectivity index (χ3v) is 3.61. The van der Waals surface area contributed by atoms with Crippen LogP contribution >= 0.6 is 0 Å². The van der Waals surface area contributed by atoms with E-state index < -0.39 is 0 Å². The summed E-state index contributed by atoms with van der Waals surface area (Å²) in [4.78, 5) is 28.2. The zero-order valence-electron chi connectivity index (χ0n) is 13.4. The van der Waals surface area contributed by atoms with E-state index >= 15 is 0 Å². The van der Waals surface area contributed by atoms with Gasteiger partial charge in [0.15, 0.2) is 0 Å². The van der Waals surface area contributed by atoms with Gasteiger partial charge in [0.1, 0.15) is 5.69 Å². The molecule has 2 aromatic rings. The number of hydrogen-bond acceptors (Lipinski definition) is 5. The summed E-state index contributed by atoms with van der Waals surface area (Å²) in [5.41, 5.74) is 2.10. The number of aromatic nitrogens is 1. The van der Waals surface area contributed by atoms with Crippen molar-refractivity contribution in [3.05, 3.63) is 53.9 Å². The Balaban J connectivity index is 1.78. The van der Waals surface area contributed by atoms with E-state index in [1.165, 1.54) is 0 Å². The smallest absolute Gasteiger partial charge is 0.340 e. The molecule has 2 N–H and O–H groups in total. The fourth-order valence-electron chi connectivity index (χ4n) is 2.25. The zero-order valence-corrected chi connectivity index (χ0v) is 13.4. The first kappa shape index (κ1) is 16.0. The first-order valence-corrected chi connectivity index (χ1v) is 7.97. The number of pyridine rings is 1. The van der Waals surface area contributed by atoms with Gasteiger partial charge < -0.3 is 15.4 Å². The number of carbonyl (C=O) groups is 2. The molecule has 1 saturated carbocycles. The van der Waals surface area contributed by atoms with Gasteiger partial charge >= 0.3 is 5.97 Å². The molecule has 6 heteroatoms. The largest absolute Gasteiger partial charge is 0.462 e. The quantitative estimate of drug-likeness (QED) is 0.798. The lowest BCUT2D eigenvalue weighted by Gasteiger charge is -2.12. The Morgan fingerprint density at radius 2 is 2.04 bits per heavy atom. The van der Waals surface area contributed by atoms with Crippen molar-refractivity contribution in [2.24, 2.45) is 0 Å². The highest BCUT2D eigenvalue weighted by Gasteiger charge is 2.24. The van der Waals surface area contributed by atoms with Crippen molar-refractivity contribution in [2.45, 2.75) is 25.8 Å². The van der Waals surface area contributed by atoms with E-state index in [9.17, 15) is 9.59 Å². The summed E-state index contributed by atoms with van der Waals surface area (Å²) in [5, 5.41) is 6.06. The molecule has 1 heterocycles. The molecule has 0 spiro atoms. The highest BCUT2D eigenvalue weighted by Crippen LogP contribution is 2.23. The SMILES string of the molecule is CCOC(=O)c1ccccc1Nc1ccnc(C(=O)NC2CC2)c1. The number of esters is 1. The lowest BCUT2D eigenvalue weighted by atomic mass is 10.1. The minimum absolute atomic E-state index is 0.181. The van der Waals surface area contributed by atoms with Gasteiger partial charge in [0, 0.05) is 17.9 Å². The summed E-state index contributed by atoms with van der Waals surface area (Å²) < 4.78 is 5.06. The molecule has 1 aliphatic carbocycles. The number of anilines is 2. The maximum atomic E-state index is 12.1. The Bertz CT molecular complexity index is 757. The molecule has 124 valence electrons. The summed E-state index contributed by atoms with van der Waals surface area (Å²) in [5.74, 6) is -0.568. The normalized spacial score (nSPS) is 13.2. The standard InChI is InChI=1S/C18H19N3O3/c1-2-24-18(23)14-5-3-4-6-15(14)20-13-9-10-19-16(11-13)17(22)21-12-7-8-12/h3-6,9-12H,2,7-8H2,1H3,(H,19,20)(H,21,22). The molecular formula is C18H19N3O3. The highest BCUT2D eigenvalue weighted by atomic mass is 16.5. The molecule has 1 fully saturated rings. The average Bonchev–Trinajstić information content (AvgIpc) is 3.40. The van der Waals surface area contributed by atoms with Crippen LogP contribution < -0.4 is 10.6 Å². The van der Waals surface area contributed by atoms with Crippen LogP contribution in [0, 0.1) is 0 Å². The minimum Gasteiger partial charge on any atom is -0.462 e. The van der Waals surface area contributed by atoms with Crippen LogP contribution in [-0.4, -0.2) is 29.5 Å². The van der Waals surface area contributed by atoms with E-state index in [-0.39, 0.29) is 17.9 Å². The second-order valence-electron chi connectivity index (χ2n) is 5.57. The maximum absolute atomic E-state index is 12.1. The topological polar surface area (TPSA) is 80.3 Å². The van der Waals surface area contributed by atoms with Crippen LogP contribution in [0.15, 0.2) is 42.6 Å². The molecule has 6 nitrogen and oxygen atoms in total. The van der Waals surface area contributed by atoms with Crippen molar-refractivity contribution in [3.8, 4) is 0 Å². The molecule has 0 unspecified atom stereocenters. The number of ether oxygens (including phenoxy) is 1. The van der Waals surface area contributed by atoms with Crippen LogP contribution in [0.2, 0.25) is 0 Å². The summed E-state index contributed by atoms with van der Waals surface area (Å²) in [6, 6.07) is 10.8. The molecule has 1 aromatic heterocycles. The van der Waals surface area contributed by atoms with E-state index in [0.717, 1.165) is 12.8 Å². The van der Waals surface area contributed by atoms with Crippen LogP contribution in [0.4, 0.5) is 11.4 Å². The van der Waals surface area contributed by atoms with E-state index in [1.54, 1.807) is 43.5 Å². The minimum atomic E-state index is -0.388. The van der Waals surface area contributed by atoms with Crippen molar-refractivity contribution >= 4 is 23.3 Å². The molecule has 3 rings (SSSR count). The number of nitrogens with one attached hydrogen (secondary N) is 2. The molecule has 1 amide bonds. The van der Waals surface area contributed by atoms with Crippen LogP contribution in [0.5, 0.6) is 0 Å². The van der Waals surface area contributed by atoms with Gasteiger partial charge in [-0.1, -0.05) is 12.1 Å². The van der Waals surface area contributed by atoms with E-state index in [0.29, 0.717) is 29.2 Å². The van der Waals surface area contributed by atoms with Gasteiger partial charge in [-0.05, 0) is 44.0 Å². The zero-order chi connectivity index (χ0) is 16.9. The predicted octanol–water partition coefficient (Wildman–Crippen LogP) is 2.89. The lowest BCUT2D eigenvalue weighted by Crippen LogP contribution is -2.26. The van der Waals surface area contributed by atoms with Crippen molar-refractivity contribution < 1.29 is 14.3 Å². The Kier molecular flexibility index (Phi) is 4.74. The van der Waals surface area contributed by atoms with Crippen molar-refractivity contribution in [1.29, 1.82) is 0 Å². The molecule has 0 aliphatic heterocycles. The molecule has 0 saturated heterocycles. The Morgan fingerprint density at radius 3 is 2.79 bits per heavy atom. The second-order valence-corrected chi connectivity index (χ2v) is 5.57.